The molecule has 0 fully saturated rings. The normalized spacial score (nSPS) is 12.9. The molecule has 1 N–H and O–H groups in total. The van der Waals surface area contributed by atoms with E-state index in [1.165, 1.54) is 23.3 Å². The van der Waals surface area contributed by atoms with E-state index in [1.54, 1.807) is 32.3 Å². The quantitative estimate of drug-likeness (QED) is 0.641. The zero-order chi connectivity index (χ0) is 21.9. The number of hydrogen-bond acceptors (Lipinski definition) is 5. The number of nitrogens with one attached hydrogen (secondary N) is 1. The summed E-state index contributed by atoms with van der Waals surface area (Å²) in [5.74, 6) is 0.194. The van der Waals surface area contributed by atoms with E-state index < -0.39 is 23.7 Å². The number of carbonyl (C=O) groups excluding carboxylic acids is 1. The van der Waals surface area contributed by atoms with Crippen molar-refractivity contribution in [2.75, 3.05) is 0 Å². The highest BCUT2D eigenvalue weighted by atomic mass is 19.4. The first-order valence-electron chi connectivity index (χ1n) is 8.99. The van der Waals surface area contributed by atoms with E-state index in [2.05, 4.69) is 25.4 Å². The number of hydrogen-bond donors (Lipinski definition) is 1. The van der Waals surface area contributed by atoms with Crippen molar-refractivity contribution in [3.8, 4) is 11.4 Å². The van der Waals surface area contributed by atoms with E-state index in [4.69, 9.17) is 0 Å². The summed E-state index contributed by atoms with van der Waals surface area (Å²) in [5.41, 5.74) is 0.827. The number of rotatable bonds is 5. The lowest BCUT2D eigenvalue weighted by molar-refractivity contribution is -0.137. The fraction of sp³-hybridized carbons (Fsp3) is 0.250. The second-order valence-corrected chi connectivity index (χ2v) is 6.80. The Morgan fingerprint density at radius 1 is 1.10 bits per heavy atom. The molecule has 2 aromatic heterocycles. The van der Waals surface area contributed by atoms with Gasteiger partial charge in [0.25, 0.3) is 0 Å². The van der Waals surface area contributed by atoms with Gasteiger partial charge in [-0.1, -0.05) is 0 Å². The van der Waals surface area contributed by atoms with Crippen molar-refractivity contribution >= 4 is 12.1 Å². The Labute approximate surface area is 170 Å². The van der Waals surface area contributed by atoms with Gasteiger partial charge in [0, 0.05) is 30.2 Å². The molecule has 1 aromatic carbocycles. The summed E-state index contributed by atoms with van der Waals surface area (Å²) >= 11 is 0. The highest BCUT2D eigenvalue weighted by molar-refractivity contribution is 5.90. The molecule has 0 aliphatic heterocycles. The van der Waals surface area contributed by atoms with Crippen LogP contribution in [0.15, 0.2) is 43.0 Å². The Morgan fingerprint density at radius 2 is 1.80 bits per heavy atom. The Morgan fingerprint density at radius 3 is 2.47 bits per heavy atom. The van der Waals surface area contributed by atoms with Gasteiger partial charge in [-0.05, 0) is 50.1 Å². The monoisotopic (exact) mass is 416 g/mol. The molecule has 0 saturated heterocycles. The van der Waals surface area contributed by atoms with E-state index in [0.29, 0.717) is 11.4 Å². The lowest BCUT2D eigenvalue weighted by atomic mass is 10.1. The molecular weight excluding hydrogens is 397 g/mol. The molecule has 0 radical (unpaired) electrons. The maximum Gasteiger partial charge on any atom is 0.416 e. The van der Waals surface area contributed by atoms with Crippen LogP contribution in [0.1, 0.15) is 35.5 Å². The molecule has 0 aliphatic carbocycles. The summed E-state index contributed by atoms with van der Waals surface area (Å²) in [6, 6.07) is 3.21. The van der Waals surface area contributed by atoms with E-state index in [0.717, 1.165) is 17.7 Å². The van der Waals surface area contributed by atoms with Crippen LogP contribution in [-0.4, -0.2) is 30.6 Å². The number of benzene rings is 1. The summed E-state index contributed by atoms with van der Waals surface area (Å²) in [5, 5.41) is 6.83. The standard InChI is InChI=1S/C20H19F3N6O/c1-12-6-15(8-16(7-12)20(21,22)23)19-26-11-29(28-19)5-4-17(30)27-14(3)18-24-9-13(2)10-25-18/h4-11,14H,1-3H3,(H,27,30)/b5-4-. The van der Waals surface area contributed by atoms with Crippen molar-refractivity contribution in [3.63, 3.8) is 0 Å². The Bertz CT molecular complexity index is 1070. The summed E-state index contributed by atoms with van der Waals surface area (Å²) in [6.45, 7) is 5.18. The highest BCUT2D eigenvalue weighted by Gasteiger charge is 2.31. The third-order valence-electron chi connectivity index (χ3n) is 4.10. The number of amides is 1. The molecule has 1 atom stereocenters. The third kappa shape index (κ3) is 5.28. The molecule has 1 unspecified atom stereocenters. The molecule has 156 valence electrons. The molecule has 7 nitrogen and oxygen atoms in total. The van der Waals surface area contributed by atoms with Crippen LogP contribution in [-0.2, 0) is 11.0 Å². The SMILES string of the molecule is Cc1cnc(C(C)NC(=O)/C=C\n2cnc(-c3cc(C)cc(C(F)(F)F)c3)n2)nc1. The van der Waals surface area contributed by atoms with Crippen LogP contribution < -0.4 is 5.32 Å². The van der Waals surface area contributed by atoms with E-state index >= 15 is 0 Å². The predicted molar refractivity (Wildman–Crippen MR) is 104 cm³/mol. The number of aromatic nitrogens is 5. The maximum atomic E-state index is 13.0. The van der Waals surface area contributed by atoms with Gasteiger partial charge in [0.05, 0.1) is 11.6 Å². The van der Waals surface area contributed by atoms with Gasteiger partial charge < -0.3 is 5.32 Å². The number of carbonyl (C=O) groups is 1. The topological polar surface area (TPSA) is 85.6 Å². The zero-order valence-electron chi connectivity index (χ0n) is 16.5. The van der Waals surface area contributed by atoms with Crippen LogP contribution in [0.3, 0.4) is 0 Å². The molecule has 0 spiro atoms. The number of aryl methyl sites for hydroxylation is 2. The Kier molecular flexibility index (Phi) is 5.95. The molecule has 2 heterocycles. The number of nitrogens with zero attached hydrogens (tertiary/aromatic N) is 5. The second kappa shape index (κ2) is 8.44. The molecule has 0 saturated carbocycles. The average Bonchev–Trinajstić information content (AvgIpc) is 3.15. The Balaban J connectivity index is 1.69. The molecule has 3 aromatic rings. The largest absolute Gasteiger partial charge is 0.416 e. The van der Waals surface area contributed by atoms with Gasteiger partial charge >= 0.3 is 6.18 Å². The van der Waals surface area contributed by atoms with Crippen molar-refractivity contribution in [3.05, 3.63) is 65.5 Å². The molecule has 10 heteroatoms. The zero-order valence-corrected chi connectivity index (χ0v) is 16.5. The van der Waals surface area contributed by atoms with Crippen LogP contribution in [0.5, 0.6) is 0 Å². The van der Waals surface area contributed by atoms with Gasteiger partial charge in [0.1, 0.15) is 12.2 Å². The van der Waals surface area contributed by atoms with Gasteiger partial charge in [0.15, 0.2) is 5.82 Å². The summed E-state index contributed by atoms with van der Waals surface area (Å²) in [4.78, 5) is 24.5. The number of halogens is 3. The molecule has 1 amide bonds. The van der Waals surface area contributed by atoms with Gasteiger partial charge in [0.2, 0.25) is 5.91 Å². The summed E-state index contributed by atoms with van der Waals surface area (Å²) in [6.07, 6.45) is 2.76. The van der Waals surface area contributed by atoms with Crippen molar-refractivity contribution in [2.24, 2.45) is 0 Å². The van der Waals surface area contributed by atoms with Crippen LogP contribution in [0.25, 0.3) is 17.6 Å². The van der Waals surface area contributed by atoms with Crippen molar-refractivity contribution in [2.45, 2.75) is 33.0 Å². The van der Waals surface area contributed by atoms with Crippen molar-refractivity contribution in [1.29, 1.82) is 0 Å². The third-order valence-corrected chi connectivity index (χ3v) is 4.10. The lowest BCUT2D eigenvalue weighted by Gasteiger charge is -2.10. The van der Waals surface area contributed by atoms with Crippen LogP contribution >= 0.6 is 0 Å². The predicted octanol–water partition coefficient (Wildman–Crippen LogP) is 3.72. The minimum Gasteiger partial charge on any atom is -0.343 e. The summed E-state index contributed by atoms with van der Waals surface area (Å²) < 4.78 is 40.3. The fourth-order valence-corrected chi connectivity index (χ4v) is 2.65. The van der Waals surface area contributed by atoms with Gasteiger partial charge in [-0.15, -0.1) is 5.10 Å². The first kappa shape index (κ1) is 21.2. The average molecular weight is 416 g/mol. The van der Waals surface area contributed by atoms with Crippen LogP contribution in [0.4, 0.5) is 13.2 Å². The summed E-state index contributed by atoms with van der Waals surface area (Å²) in [7, 11) is 0. The minimum absolute atomic E-state index is 0.121. The molecule has 0 aliphatic rings. The molecular formula is C20H19F3N6O. The van der Waals surface area contributed by atoms with E-state index in [9.17, 15) is 18.0 Å². The molecule has 0 bridgehead atoms. The number of alkyl halides is 3. The molecule has 30 heavy (non-hydrogen) atoms. The van der Waals surface area contributed by atoms with Crippen molar-refractivity contribution < 1.29 is 18.0 Å². The first-order valence-corrected chi connectivity index (χ1v) is 8.99. The van der Waals surface area contributed by atoms with E-state index in [1.807, 2.05) is 6.92 Å². The second-order valence-electron chi connectivity index (χ2n) is 6.80. The van der Waals surface area contributed by atoms with Crippen LogP contribution in [0.2, 0.25) is 0 Å². The fourth-order valence-electron chi connectivity index (χ4n) is 2.65. The van der Waals surface area contributed by atoms with Crippen LogP contribution in [0, 0.1) is 13.8 Å². The smallest absolute Gasteiger partial charge is 0.343 e. The lowest BCUT2D eigenvalue weighted by Crippen LogP contribution is -2.26. The van der Waals surface area contributed by atoms with Crippen molar-refractivity contribution in [1.82, 2.24) is 30.0 Å². The maximum absolute atomic E-state index is 13.0. The van der Waals surface area contributed by atoms with Gasteiger partial charge in [-0.25, -0.2) is 19.6 Å². The highest BCUT2D eigenvalue weighted by Crippen LogP contribution is 2.32. The Hall–Kier alpha value is -3.56. The molecule has 3 rings (SSSR count). The first-order chi connectivity index (χ1) is 14.1. The minimum atomic E-state index is -4.46. The van der Waals surface area contributed by atoms with Gasteiger partial charge in [-0.2, -0.15) is 13.2 Å². The van der Waals surface area contributed by atoms with E-state index in [-0.39, 0.29) is 11.4 Å². The van der Waals surface area contributed by atoms with Gasteiger partial charge in [-0.3, -0.25) is 4.79 Å².